The number of hydrogen-bond acceptors (Lipinski definition) is 7. The summed E-state index contributed by atoms with van der Waals surface area (Å²) in [5.41, 5.74) is 2.03. The molecule has 2 aromatic heterocycles. The summed E-state index contributed by atoms with van der Waals surface area (Å²) in [5.74, 6) is 1.63. The number of aromatic nitrogens is 4. The number of ether oxygens (including phenoxy) is 1. The maximum absolute atomic E-state index is 12.2. The minimum Gasteiger partial charge on any atom is -0.485 e. The number of carbonyl (C=O) groups excluding carboxylic acids is 1. The number of nitrogens with zero attached hydrogens (tertiary/aromatic N) is 4. The number of benzene rings is 2. The number of amides is 1. The molecule has 4 rings (SSSR count). The van der Waals surface area contributed by atoms with E-state index in [1.54, 1.807) is 0 Å². The first-order chi connectivity index (χ1) is 14.9. The lowest BCUT2D eigenvalue weighted by Crippen LogP contribution is -2.14. The van der Waals surface area contributed by atoms with Crippen LogP contribution in [0.2, 0.25) is 0 Å². The van der Waals surface area contributed by atoms with Crippen LogP contribution in [-0.4, -0.2) is 31.4 Å². The maximum Gasteiger partial charge on any atom is 0.236 e. The van der Waals surface area contributed by atoms with E-state index < -0.39 is 0 Å². The van der Waals surface area contributed by atoms with Gasteiger partial charge in [-0.25, -0.2) is 4.98 Å². The molecule has 31 heavy (non-hydrogen) atoms. The third kappa shape index (κ3) is 4.72. The van der Waals surface area contributed by atoms with Crippen molar-refractivity contribution in [3.05, 3.63) is 58.4 Å². The monoisotopic (exact) mass is 453 g/mol. The van der Waals surface area contributed by atoms with Crippen LogP contribution in [0.4, 0.5) is 5.13 Å². The van der Waals surface area contributed by atoms with Gasteiger partial charge in [0.25, 0.3) is 0 Å². The minimum absolute atomic E-state index is 0.119. The summed E-state index contributed by atoms with van der Waals surface area (Å²) in [6, 6.07) is 12.3. The maximum atomic E-state index is 12.2. The average molecular weight is 454 g/mol. The van der Waals surface area contributed by atoms with Crippen molar-refractivity contribution < 1.29 is 9.53 Å². The Morgan fingerprint density at radius 3 is 2.74 bits per heavy atom. The van der Waals surface area contributed by atoms with Crippen LogP contribution in [0.15, 0.2) is 41.6 Å². The van der Waals surface area contributed by atoms with E-state index in [4.69, 9.17) is 4.74 Å². The van der Waals surface area contributed by atoms with Crippen molar-refractivity contribution in [2.45, 2.75) is 32.5 Å². The zero-order chi connectivity index (χ0) is 22.0. The van der Waals surface area contributed by atoms with Crippen molar-refractivity contribution in [2.24, 2.45) is 7.05 Å². The summed E-state index contributed by atoms with van der Waals surface area (Å²) >= 11 is 2.81. The Bertz CT molecular complexity index is 1230. The average Bonchev–Trinajstić information content (AvgIpc) is 3.27. The third-order valence-electron chi connectivity index (χ3n) is 5.04. The lowest BCUT2D eigenvalue weighted by molar-refractivity contribution is -0.113. The Morgan fingerprint density at radius 2 is 1.97 bits per heavy atom. The first-order valence-electron chi connectivity index (χ1n) is 9.78. The zero-order valence-electron chi connectivity index (χ0n) is 17.8. The molecule has 0 aliphatic carbocycles. The Labute approximate surface area is 188 Å². The Morgan fingerprint density at radius 1 is 1.16 bits per heavy atom. The first kappa shape index (κ1) is 21.3. The van der Waals surface area contributed by atoms with Crippen LogP contribution < -0.4 is 10.1 Å². The number of hydrogen-bond donors (Lipinski definition) is 1. The molecule has 2 aromatic carbocycles. The number of anilines is 1. The summed E-state index contributed by atoms with van der Waals surface area (Å²) in [7, 11) is 1.87. The molecular formula is C22H23N5O2S2. The Hall–Kier alpha value is -2.91. The van der Waals surface area contributed by atoms with E-state index in [1.165, 1.54) is 33.9 Å². The van der Waals surface area contributed by atoms with Gasteiger partial charge in [0.05, 0.1) is 11.4 Å². The van der Waals surface area contributed by atoms with E-state index in [9.17, 15) is 4.79 Å². The molecule has 0 radical (unpaired) electrons. The number of nitrogens with one attached hydrogen (secondary N) is 1. The van der Waals surface area contributed by atoms with Gasteiger partial charge in [-0.15, -0.1) is 21.5 Å². The van der Waals surface area contributed by atoms with Gasteiger partial charge < -0.3 is 14.6 Å². The van der Waals surface area contributed by atoms with E-state index in [1.807, 2.05) is 43.7 Å². The molecule has 0 saturated carbocycles. The molecule has 2 heterocycles. The summed E-state index contributed by atoms with van der Waals surface area (Å²) in [4.78, 5) is 17.7. The minimum atomic E-state index is -0.119. The van der Waals surface area contributed by atoms with Gasteiger partial charge in [-0.2, -0.15) is 0 Å². The van der Waals surface area contributed by atoms with Crippen LogP contribution in [0, 0.1) is 20.8 Å². The van der Waals surface area contributed by atoms with E-state index in [0.29, 0.717) is 22.7 Å². The fourth-order valence-corrected chi connectivity index (χ4v) is 4.67. The van der Waals surface area contributed by atoms with E-state index in [0.717, 1.165) is 21.9 Å². The first-order valence-corrected chi connectivity index (χ1v) is 11.6. The molecule has 0 aliphatic heterocycles. The molecule has 0 aliphatic rings. The third-order valence-corrected chi connectivity index (χ3v) is 7.05. The summed E-state index contributed by atoms with van der Waals surface area (Å²) in [6.45, 7) is 6.27. The smallest absolute Gasteiger partial charge is 0.236 e. The SMILES string of the molecule is Cc1nc(NC(=O)CSc2nnc(COc3ccc4ccccc4c3C)n2C)sc1C. The summed E-state index contributed by atoms with van der Waals surface area (Å²) in [6.07, 6.45) is 0. The number of rotatable bonds is 7. The van der Waals surface area contributed by atoms with Crippen molar-refractivity contribution in [2.75, 3.05) is 11.1 Å². The topological polar surface area (TPSA) is 81.9 Å². The highest BCUT2D eigenvalue weighted by Crippen LogP contribution is 2.28. The van der Waals surface area contributed by atoms with Crippen molar-refractivity contribution in [1.82, 2.24) is 19.7 Å². The number of fused-ring (bicyclic) bond motifs is 1. The number of thiazole rings is 1. The molecule has 1 amide bonds. The van der Waals surface area contributed by atoms with Crippen molar-refractivity contribution in [3.8, 4) is 5.75 Å². The molecule has 4 aromatic rings. The van der Waals surface area contributed by atoms with Gasteiger partial charge in [0.1, 0.15) is 12.4 Å². The van der Waals surface area contributed by atoms with Crippen molar-refractivity contribution in [3.63, 3.8) is 0 Å². The molecule has 0 bridgehead atoms. The van der Waals surface area contributed by atoms with Crippen LogP contribution in [0.5, 0.6) is 5.75 Å². The van der Waals surface area contributed by atoms with Gasteiger partial charge in [0.2, 0.25) is 5.91 Å². The van der Waals surface area contributed by atoms with Crippen molar-refractivity contribution >= 4 is 44.9 Å². The quantitative estimate of drug-likeness (QED) is 0.410. The van der Waals surface area contributed by atoms with Crippen LogP contribution in [0.3, 0.4) is 0 Å². The highest BCUT2D eigenvalue weighted by atomic mass is 32.2. The molecule has 1 N–H and O–H groups in total. The summed E-state index contributed by atoms with van der Waals surface area (Å²) < 4.78 is 7.88. The molecule has 160 valence electrons. The van der Waals surface area contributed by atoms with E-state index >= 15 is 0 Å². The Kier molecular flexibility index (Phi) is 6.24. The van der Waals surface area contributed by atoms with Crippen LogP contribution in [0.1, 0.15) is 22.0 Å². The lowest BCUT2D eigenvalue weighted by atomic mass is 10.0. The fourth-order valence-electron chi connectivity index (χ4n) is 3.11. The molecule has 0 fully saturated rings. The Balaban J connectivity index is 1.36. The normalized spacial score (nSPS) is 11.1. The molecule has 9 heteroatoms. The highest BCUT2D eigenvalue weighted by Gasteiger charge is 2.14. The second-order valence-corrected chi connectivity index (χ2v) is 9.30. The molecular weight excluding hydrogens is 430 g/mol. The number of carbonyl (C=O) groups is 1. The molecule has 0 saturated heterocycles. The second-order valence-electron chi connectivity index (χ2n) is 7.15. The predicted octanol–water partition coefficient (Wildman–Crippen LogP) is 4.66. The summed E-state index contributed by atoms with van der Waals surface area (Å²) in [5, 5.41) is 14.9. The number of aryl methyl sites for hydroxylation is 3. The van der Waals surface area contributed by atoms with Gasteiger partial charge in [0.15, 0.2) is 16.1 Å². The van der Waals surface area contributed by atoms with Crippen LogP contribution >= 0.6 is 23.1 Å². The molecule has 0 atom stereocenters. The largest absolute Gasteiger partial charge is 0.485 e. The lowest BCUT2D eigenvalue weighted by Gasteiger charge is -2.11. The van der Waals surface area contributed by atoms with Gasteiger partial charge in [-0.05, 0) is 43.2 Å². The fraction of sp³-hybridized carbons (Fsp3) is 0.273. The molecule has 0 spiro atoms. The van der Waals surface area contributed by atoms with Gasteiger partial charge in [-0.3, -0.25) is 4.79 Å². The molecule has 0 unspecified atom stereocenters. The number of thioether (sulfide) groups is 1. The van der Waals surface area contributed by atoms with Gasteiger partial charge in [0, 0.05) is 11.9 Å². The van der Waals surface area contributed by atoms with Crippen LogP contribution in [-0.2, 0) is 18.4 Å². The van der Waals surface area contributed by atoms with Crippen LogP contribution in [0.25, 0.3) is 10.8 Å². The van der Waals surface area contributed by atoms with E-state index in [2.05, 4.69) is 45.6 Å². The second kappa shape index (κ2) is 9.07. The molecule has 7 nitrogen and oxygen atoms in total. The zero-order valence-corrected chi connectivity index (χ0v) is 19.4. The van der Waals surface area contributed by atoms with E-state index in [-0.39, 0.29) is 11.7 Å². The van der Waals surface area contributed by atoms with Gasteiger partial charge >= 0.3 is 0 Å². The highest BCUT2D eigenvalue weighted by molar-refractivity contribution is 7.99. The van der Waals surface area contributed by atoms with Gasteiger partial charge in [-0.1, -0.05) is 42.1 Å². The predicted molar refractivity (Wildman–Crippen MR) is 125 cm³/mol. The van der Waals surface area contributed by atoms with Crippen molar-refractivity contribution in [1.29, 1.82) is 0 Å². The standard InChI is InChI=1S/C22H23N5O2S2/c1-13-17-8-6-5-7-16(17)9-10-18(13)29-11-19-25-26-22(27(19)4)30-12-20(28)24-21-23-14(2)15(3)31-21/h5-10H,11-12H2,1-4H3,(H,23,24,28).